The zero-order valence-electron chi connectivity index (χ0n) is 9.46. The Morgan fingerprint density at radius 3 is 3.42 bits per heavy atom. The number of H-pyrrole nitrogens is 1. The minimum absolute atomic E-state index is 0.145. The number of nitrogens with zero attached hydrogens (tertiary/aromatic N) is 1. The van der Waals surface area contributed by atoms with Crippen molar-refractivity contribution in [1.82, 2.24) is 10.2 Å². The van der Waals surface area contributed by atoms with E-state index < -0.39 is 13.0 Å². The monoisotopic (exact) mass is 173 g/mol. The van der Waals surface area contributed by atoms with Gasteiger partial charge in [-0.3, -0.25) is 5.10 Å². The molecule has 5 nitrogen and oxygen atoms in total. The number of hydrogen-bond acceptors (Lipinski definition) is 4. The lowest BCUT2D eigenvalue weighted by atomic mass is 10.4. The minimum Gasteiger partial charge on any atom is -0.493 e. The maximum Gasteiger partial charge on any atom is 0.362 e. The Kier molecular flexibility index (Phi) is 1.62. The van der Waals surface area contributed by atoms with Gasteiger partial charge >= 0.3 is 5.97 Å². The first-order valence-electron chi connectivity index (χ1n) is 4.84. The number of aromatic amines is 1. The number of nitrogens with one attached hydrogen (secondary N) is 1. The highest BCUT2D eigenvalue weighted by Gasteiger charge is 2.15. The van der Waals surface area contributed by atoms with Gasteiger partial charge in [-0.25, -0.2) is 4.79 Å². The first-order chi connectivity index (χ1) is 6.94. The fourth-order valence-corrected chi connectivity index (χ4v) is 0.702. The van der Waals surface area contributed by atoms with E-state index in [0.717, 1.165) is 0 Å². The van der Waals surface area contributed by atoms with Crippen LogP contribution in [0.3, 0.4) is 0 Å². The summed E-state index contributed by atoms with van der Waals surface area (Å²) >= 11 is 0. The average molecular weight is 173 g/mol. The van der Waals surface area contributed by atoms with E-state index in [2.05, 4.69) is 19.7 Å². The summed E-state index contributed by atoms with van der Waals surface area (Å²) < 4.78 is 29.8. The molecule has 0 atom stereocenters. The molecule has 66 valence electrons. The van der Waals surface area contributed by atoms with Gasteiger partial charge < -0.3 is 9.47 Å². The molecule has 0 radical (unpaired) electrons. The predicted octanol–water partition coefficient (Wildman–Crippen LogP) is 0.595. The molecule has 1 aromatic rings. The fraction of sp³-hybridized carbons (Fsp3) is 0.429. The summed E-state index contributed by atoms with van der Waals surface area (Å²) in [4.78, 5) is 11.2. The Labute approximate surface area is 73.9 Å². The van der Waals surface area contributed by atoms with Crippen molar-refractivity contribution in [1.29, 1.82) is 0 Å². The molecule has 0 bridgehead atoms. The van der Waals surface area contributed by atoms with Crippen LogP contribution in [-0.2, 0) is 4.74 Å². The molecule has 1 rings (SSSR count). The van der Waals surface area contributed by atoms with E-state index in [1.165, 1.54) is 6.20 Å². The zero-order chi connectivity index (χ0) is 11.5. The lowest BCUT2D eigenvalue weighted by Crippen LogP contribution is -2.06. The van der Waals surface area contributed by atoms with Crippen LogP contribution in [0.1, 0.15) is 21.5 Å². The third-order valence-corrected chi connectivity index (χ3v) is 1.18. The maximum absolute atomic E-state index is 11.2. The molecule has 0 aliphatic heterocycles. The van der Waals surface area contributed by atoms with Crippen LogP contribution in [0, 0.1) is 0 Å². The molecule has 0 aliphatic rings. The molecular weight excluding hydrogens is 160 g/mol. The standard InChI is InChI=1S/C7H10N2O3/c1-3-12-7(10)6-5(11-2)4-8-9-6/h4H,3H2,1-2H3,(H,8,9)/i2D3. The quantitative estimate of drug-likeness (QED) is 0.679. The van der Waals surface area contributed by atoms with Crippen LogP contribution in [0.15, 0.2) is 6.20 Å². The molecular formula is C7H10N2O3. The SMILES string of the molecule is [2H]C([2H])([2H])Oc1c[nH]nc1C(=O)OCC. The molecule has 0 saturated heterocycles. The molecule has 0 aliphatic carbocycles. The molecule has 0 spiro atoms. The number of ether oxygens (including phenoxy) is 2. The van der Waals surface area contributed by atoms with Crippen LogP contribution >= 0.6 is 0 Å². The molecule has 1 N–H and O–H groups in total. The van der Waals surface area contributed by atoms with Crippen LogP contribution < -0.4 is 4.74 Å². The largest absolute Gasteiger partial charge is 0.493 e. The fourth-order valence-electron chi connectivity index (χ4n) is 0.702. The van der Waals surface area contributed by atoms with Crippen molar-refractivity contribution in [2.24, 2.45) is 0 Å². The summed E-state index contributed by atoms with van der Waals surface area (Å²) in [5.41, 5.74) is -0.173. The van der Waals surface area contributed by atoms with E-state index >= 15 is 0 Å². The maximum atomic E-state index is 11.2. The number of hydrogen-bond donors (Lipinski definition) is 1. The number of carbonyl (C=O) groups is 1. The lowest BCUT2D eigenvalue weighted by Gasteiger charge is -1.99. The number of carbonyl (C=O) groups excluding carboxylic acids is 1. The summed E-state index contributed by atoms with van der Waals surface area (Å²) in [6.07, 6.45) is 1.18. The Bertz CT molecular complexity index is 347. The number of aromatic nitrogens is 2. The van der Waals surface area contributed by atoms with E-state index in [1.807, 2.05) is 0 Å². The van der Waals surface area contributed by atoms with E-state index in [9.17, 15) is 4.79 Å². The smallest absolute Gasteiger partial charge is 0.362 e. The minimum atomic E-state index is -2.62. The van der Waals surface area contributed by atoms with Crippen molar-refractivity contribution >= 4 is 5.97 Å². The highest BCUT2D eigenvalue weighted by atomic mass is 16.5. The van der Waals surface area contributed by atoms with Gasteiger partial charge in [0.25, 0.3) is 0 Å². The van der Waals surface area contributed by atoms with Gasteiger partial charge in [-0.15, -0.1) is 0 Å². The number of methoxy groups -OCH3 is 1. The molecule has 1 heterocycles. The first kappa shape index (κ1) is 5.18. The normalized spacial score (nSPS) is 14.2. The molecule has 1 aromatic heterocycles. The number of rotatable bonds is 3. The van der Waals surface area contributed by atoms with Gasteiger partial charge in [0, 0.05) is 0 Å². The topological polar surface area (TPSA) is 64.2 Å². The van der Waals surface area contributed by atoms with Gasteiger partial charge in [-0.05, 0) is 6.92 Å². The van der Waals surface area contributed by atoms with Crippen LogP contribution in [0.2, 0.25) is 0 Å². The Morgan fingerprint density at radius 1 is 1.92 bits per heavy atom. The van der Waals surface area contributed by atoms with Crippen LogP contribution in [0.5, 0.6) is 5.75 Å². The van der Waals surface area contributed by atoms with Gasteiger partial charge in [0.05, 0.1) is 24.0 Å². The van der Waals surface area contributed by atoms with Crippen LogP contribution in [0.25, 0.3) is 0 Å². The highest BCUT2D eigenvalue weighted by Crippen LogP contribution is 2.14. The molecule has 5 heteroatoms. The van der Waals surface area contributed by atoms with Crippen molar-refractivity contribution in [2.45, 2.75) is 6.92 Å². The van der Waals surface area contributed by atoms with E-state index in [-0.39, 0.29) is 18.1 Å². The van der Waals surface area contributed by atoms with E-state index in [1.54, 1.807) is 6.92 Å². The van der Waals surface area contributed by atoms with Crippen LogP contribution in [0.4, 0.5) is 0 Å². The summed E-state index contributed by atoms with van der Waals surface area (Å²) in [5.74, 6) is -0.869. The Balaban J connectivity index is 2.82. The summed E-state index contributed by atoms with van der Waals surface area (Å²) in [5, 5.41) is 5.88. The van der Waals surface area contributed by atoms with Crippen molar-refractivity contribution < 1.29 is 18.4 Å². The van der Waals surface area contributed by atoms with Gasteiger partial charge in [0.15, 0.2) is 5.75 Å². The summed E-state index contributed by atoms with van der Waals surface area (Å²) in [7, 11) is -2.62. The van der Waals surface area contributed by atoms with Crippen molar-refractivity contribution in [3.63, 3.8) is 0 Å². The Hall–Kier alpha value is -1.52. The molecule has 0 aromatic carbocycles. The van der Waals surface area contributed by atoms with Crippen molar-refractivity contribution in [3.05, 3.63) is 11.9 Å². The molecule has 0 saturated carbocycles. The number of esters is 1. The average Bonchev–Trinajstić information content (AvgIpc) is 2.49. The Morgan fingerprint density at radius 2 is 2.75 bits per heavy atom. The zero-order valence-corrected chi connectivity index (χ0v) is 6.46. The van der Waals surface area contributed by atoms with Gasteiger partial charge in [-0.1, -0.05) is 0 Å². The molecule has 0 fully saturated rings. The van der Waals surface area contributed by atoms with E-state index in [0.29, 0.717) is 0 Å². The second-order valence-corrected chi connectivity index (χ2v) is 1.92. The van der Waals surface area contributed by atoms with Crippen LogP contribution in [-0.4, -0.2) is 29.8 Å². The first-order valence-corrected chi connectivity index (χ1v) is 3.34. The second-order valence-electron chi connectivity index (χ2n) is 1.92. The van der Waals surface area contributed by atoms with Gasteiger partial charge in [0.2, 0.25) is 5.69 Å². The van der Waals surface area contributed by atoms with Gasteiger partial charge in [0.1, 0.15) is 0 Å². The summed E-state index contributed by atoms with van der Waals surface area (Å²) in [6.45, 7) is 1.81. The third kappa shape index (κ3) is 1.55. The molecule has 0 amide bonds. The predicted molar refractivity (Wildman–Crippen MR) is 41.1 cm³/mol. The van der Waals surface area contributed by atoms with Gasteiger partial charge in [-0.2, -0.15) is 5.10 Å². The third-order valence-electron chi connectivity index (χ3n) is 1.18. The van der Waals surface area contributed by atoms with Crippen molar-refractivity contribution in [2.75, 3.05) is 13.6 Å². The highest BCUT2D eigenvalue weighted by molar-refractivity contribution is 5.90. The summed E-state index contributed by atoms with van der Waals surface area (Å²) in [6, 6.07) is 0. The molecule has 0 unspecified atom stereocenters. The lowest BCUT2D eigenvalue weighted by molar-refractivity contribution is 0.0516. The molecule has 12 heavy (non-hydrogen) atoms. The van der Waals surface area contributed by atoms with E-state index in [4.69, 9.17) is 4.11 Å². The second kappa shape index (κ2) is 3.75. The van der Waals surface area contributed by atoms with Crippen molar-refractivity contribution in [3.8, 4) is 5.75 Å².